The van der Waals surface area contributed by atoms with Gasteiger partial charge in [-0.25, -0.2) is 0 Å². The average Bonchev–Trinajstić information content (AvgIpc) is 2.08. The number of hydrogen-bond acceptors (Lipinski definition) is 3. The number of thioether (sulfide) groups is 1. The minimum atomic E-state index is 0.689. The summed E-state index contributed by atoms with van der Waals surface area (Å²) in [6, 6.07) is 5.41. The zero-order valence-corrected chi connectivity index (χ0v) is 8.06. The molecule has 0 spiro atoms. The Kier molecular flexibility index (Phi) is 3.44. The van der Waals surface area contributed by atoms with Crippen molar-refractivity contribution in [1.82, 2.24) is 0 Å². The number of benzene rings is 1. The number of oxime groups is 1. The molecular formula is C8H8ClNOS. The molecule has 1 rings (SSSR count). The van der Waals surface area contributed by atoms with Crippen molar-refractivity contribution in [2.45, 2.75) is 4.90 Å². The summed E-state index contributed by atoms with van der Waals surface area (Å²) >= 11 is 7.34. The van der Waals surface area contributed by atoms with Crippen LogP contribution in [-0.2, 0) is 0 Å². The molecular weight excluding hydrogens is 194 g/mol. The molecule has 12 heavy (non-hydrogen) atoms. The number of hydrogen-bond donors (Lipinski definition) is 1. The largest absolute Gasteiger partial charge is 0.411 e. The number of rotatable bonds is 2. The molecule has 0 atom stereocenters. The molecule has 0 bridgehead atoms. The Bertz CT molecular complexity index is 301. The summed E-state index contributed by atoms with van der Waals surface area (Å²) in [4.78, 5) is 1.00. The summed E-state index contributed by atoms with van der Waals surface area (Å²) in [5.41, 5.74) is 0.870. The van der Waals surface area contributed by atoms with Gasteiger partial charge >= 0.3 is 0 Å². The first-order valence-corrected chi connectivity index (χ1v) is 4.89. The zero-order chi connectivity index (χ0) is 8.97. The van der Waals surface area contributed by atoms with Crippen molar-refractivity contribution in [3.8, 4) is 0 Å². The van der Waals surface area contributed by atoms with Gasteiger partial charge in [0.1, 0.15) is 0 Å². The van der Waals surface area contributed by atoms with Gasteiger partial charge in [0.15, 0.2) is 0 Å². The number of halogens is 1. The van der Waals surface area contributed by atoms with Gasteiger partial charge in [0.2, 0.25) is 0 Å². The van der Waals surface area contributed by atoms with Gasteiger partial charge in [-0.15, -0.1) is 11.8 Å². The third kappa shape index (κ3) is 2.16. The van der Waals surface area contributed by atoms with Crippen LogP contribution in [0.1, 0.15) is 5.56 Å². The molecule has 0 saturated heterocycles. The van der Waals surface area contributed by atoms with Crippen LogP contribution in [0.5, 0.6) is 0 Å². The first-order chi connectivity index (χ1) is 5.77. The third-order valence-corrected chi connectivity index (χ3v) is 2.42. The van der Waals surface area contributed by atoms with E-state index in [0.29, 0.717) is 5.02 Å². The van der Waals surface area contributed by atoms with Gasteiger partial charge in [0.05, 0.1) is 6.21 Å². The average molecular weight is 202 g/mol. The van der Waals surface area contributed by atoms with Crippen molar-refractivity contribution in [1.29, 1.82) is 0 Å². The van der Waals surface area contributed by atoms with Gasteiger partial charge < -0.3 is 5.21 Å². The van der Waals surface area contributed by atoms with Crippen molar-refractivity contribution in [3.63, 3.8) is 0 Å². The maximum atomic E-state index is 8.34. The van der Waals surface area contributed by atoms with Crippen LogP contribution in [-0.4, -0.2) is 17.7 Å². The van der Waals surface area contributed by atoms with Crippen LogP contribution in [0.15, 0.2) is 28.3 Å². The van der Waals surface area contributed by atoms with Crippen LogP contribution in [0, 0.1) is 0 Å². The molecule has 1 aromatic rings. The minimum absolute atomic E-state index is 0.689. The molecule has 0 fully saturated rings. The van der Waals surface area contributed by atoms with E-state index in [1.165, 1.54) is 6.21 Å². The smallest absolute Gasteiger partial charge is 0.0745 e. The number of nitrogens with zero attached hydrogens (tertiary/aromatic N) is 1. The maximum absolute atomic E-state index is 8.34. The molecule has 0 saturated carbocycles. The molecule has 0 aromatic heterocycles. The molecule has 1 N–H and O–H groups in total. The minimum Gasteiger partial charge on any atom is -0.411 e. The fourth-order valence-electron chi connectivity index (χ4n) is 0.854. The van der Waals surface area contributed by atoms with Gasteiger partial charge in [0, 0.05) is 15.5 Å². The Hall–Kier alpha value is -0.670. The molecule has 0 unspecified atom stereocenters. The summed E-state index contributed by atoms with van der Waals surface area (Å²) in [6.07, 6.45) is 3.34. The van der Waals surface area contributed by atoms with E-state index in [1.54, 1.807) is 17.8 Å². The predicted molar refractivity (Wildman–Crippen MR) is 52.6 cm³/mol. The van der Waals surface area contributed by atoms with Gasteiger partial charge in [-0.1, -0.05) is 22.8 Å². The van der Waals surface area contributed by atoms with Gasteiger partial charge in [-0.05, 0) is 18.4 Å². The second-order valence-corrected chi connectivity index (χ2v) is 3.42. The Morgan fingerprint density at radius 3 is 2.92 bits per heavy atom. The lowest BCUT2D eigenvalue weighted by molar-refractivity contribution is 0.322. The molecule has 0 aliphatic heterocycles. The summed E-state index contributed by atoms with van der Waals surface area (Å²) in [5, 5.41) is 12.0. The van der Waals surface area contributed by atoms with Crippen molar-refractivity contribution in [2.75, 3.05) is 6.26 Å². The summed E-state index contributed by atoms with van der Waals surface area (Å²) in [5.74, 6) is 0. The molecule has 0 radical (unpaired) electrons. The SMILES string of the molecule is CSc1cc(Cl)ccc1/C=N/O. The van der Waals surface area contributed by atoms with Crippen LogP contribution in [0.3, 0.4) is 0 Å². The topological polar surface area (TPSA) is 32.6 Å². The predicted octanol–water partition coefficient (Wildman–Crippen LogP) is 2.87. The molecule has 4 heteroatoms. The van der Waals surface area contributed by atoms with Crippen LogP contribution >= 0.6 is 23.4 Å². The quantitative estimate of drug-likeness (QED) is 0.346. The first-order valence-electron chi connectivity index (χ1n) is 3.29. The summed E-state index contributed by atoms with van der Waals surface area (Å²) in [7, 11) is 0. The Morgan fingerprint density at radius 2 is 2.33 bits per heavy atom. The van der Waals surface area contributed by atoms with Crippen molar-refractivity contribution < 1.29 is 5.21 Å². The third-order valence-electron chi connectivity index (χ3n) is 1.39. The Balaban J connectivity index is 3.10. The standard InChI is InChI=1S/C8H8ClNOS/c1-12-8-4-7(9)3-2-6(8)5-10-11/h2-5,11H,1H3/b10-5+. The fourth-order valence-corrected chi connectivity index (χ4v) is 1.69. The highest BCUT2D eigenvalue weighted by Crippen LogP contribution is 2.22. The molecule has 0 amide bonds. The van der Waals surface area contributed by atoms with E-state index in [4.69, 9.17) is 16.8 Å². The van der Waals surface area contributed by atoms with Crippen LogP contribution in [0.4, 0.5) is 0 Å². The molecule has 1 aromatic carbocycles. The normalized spacial score (nSPS) is 10.8. The van der Waals surface area contributed by atoms with E-state index in [2.05, 4.69) is 5.16 Å². The molecule has 0 heterocycles. The maximum Gasteiger partial charge on any atom is 0.0745 e. The van der Waals surface area contributed by atoms with E-state index < -0.39 is 0 Å². The molecule has 2 nitrogen and oxygen atoms in total. The van der Waals surface area contributed by atoms with Gasteiger partial charge in [-0.2, -0.15) is 0 Å². The van der Waals surface area contributed by atoms with Crippen molar-refractivity contribution >= 4 is 29.6 Å². The van der Waals surface area contributed by atoms with E-state index in [1.807, 2.05) is 18.4 Å². The summed E-state index contributed by atoms with van der Waals surface area (Å²) in [6.45, 7) is 0. The highest BCUT2D eigenvalue weighted by atomic mass is 35.5. The van der Waals surface area contributed by atoms with Crippen LogP contribution < -0.4 is 0 Å². The Morgan fingerprint density at radius 1 is 1.58 bits per heavy atom. The van der Waals surface area contributed by atoms with E-state index in [-0.39, 0.29) is 0 Å². The second-order valence-electron chi connectivity index (χ2n) is 2.13. The Labute approximate surface area is 80.2 Å². The second kappa shape index (κ2) is 4.38. The van der Waals surface area contributed by atoms with E-state index >= 15 is 0 Å². The molecule has 64 valence electrons. The zero-order valence-electron chi connectivity index (χ0n) is 6.49. The highest BCUT2D eigenvalue weighted by Gasteiger charge is 1.99. The molecule has 0 aliphatic rings. The van der Waals surface area contributed by atoms with Crippen molar-refractivity contribution in [2.24, 2.45) is 5.16 Å². The van der Waals surface area contributed by atoms with Crippen molar-refractivity contribution in [3.05, 3.63) is 28.8 Å². The highest BCUT2D eigenvalue weighted by molar-refractivity contribution is 7.98. The van der Waals surface area contributed by atoms with Gasteiger partial charge in [0.25, 0.3) is 0 Å². The summed E-state index contributed by atoms with van der Waals surface area (Å²) < 4.78 is 0. The lowest BCUT2D eigenvalue weighted by Crippen LogP contribution is -1.84. The lowest BCUT2D eigenvalue weighted by atomic mass is 10.2. The first kappa shape index (κ1) is 9.42. The van der Waals surface area contributed by atoms with E-state index in [9.17, 15) is 0 Å². The van der Waals surface area contributed by atoms with Crippen LogP contribution in [0.2, 0.25) is 5.02 Å². The van der Waals surface area contributed by atoms with Gasteiger partial charge in [-0.3, -0.25) is 0 Å². The molecule has 0 aliphatic carbocycles. The van der Waals surface area contributed by atoms with Crippen LogP contribution in [0.25, 0.3) is 0 Å². The van der Waals surface area contributed by atoms with E-state index in [0.717, 1.165) is 10.5 Å². The fraction of sp³-hybridized carbons (Fsp3) is 0.125. The lowest BCUT2D eigenvalue weighted by Gasteiger charge is -2.01. The monoisotopic (exact) mass is 201 g/mol.